The van der Waals surface area contributed by atoms with Crippen molar-refractivity contribution in [1.29, 1.82) is 0 Å². The second-order valence-electron chi connectivity index (χ2n) is 1.39. The maximum atomic E-state index is 5.33. The van der Waals surface area contributed by atoms with Crippen LogP contribution in [0.25, 0.3) is 0 Å². The smallest absolute Gasteiger partial charge is 0.127 e. The van der Waals surface area contributed by atoms with Gasteiger partial charge in [0.1, 0.15) is 5.03 Å². The van der Waals surface area contributed by atoms with Crippen LogP contribution in [-0.4, -0.2) is 15.4 Å². The highest BCUT2D eigenvalue weighted by Crippen LogP contribution is 2.13. The van der Waals surface area contributed by atoms with E-state index in [1.165, 1.54) is 6.20 Å². The summed E-state index contributed by atoms with van der Waals surface area (Å²) >= 11 is -1.11. The number of hydrogen-bond donors (Lipinski definition) is 3. The van der Waals surface area contributed by atoms with Crippen LogP contribution in [0.4, 0.5) is 0 Å². The predicted octanol–water partition coefficient (Wildman–Crippen LogP) is -1.02. The number of aromatic nitrogens is 3. The van der Waals surface area contributed by atoms with E-state index in [0.29, 0.717) is 5.03 Å². The van der Waals surface area contributed by atoms with Gasteiger partial charge in [0.2, 0.25) is 0 Å². The molecule has 0 aliphatic heterocycles. The second-order valence-corrected chi connectivity index (χ2v) is 2.66. The minimum atomic E-state index is -1.11. The maximum absolute atomic E-state index is 5.33. The molecule has 1 heterocycles. The Morgan fingerprint density at radius 2 is 2.22 bits per heavy atom. The van der Waals surface area contributed by atoms with Crippen LogP contribution in [0.2, 0.25) is 0 Å². The van der Waals surface area contributed by atoms with Gasteiger partial charge < -0.3 is 0 Å². The van der Waals surface area contributed by atoms with Gasteiger partial charge in [-0.3, -0.25) is 10.3 Å². The lowest BCUT2D eigenvalue weighted by Crippen LogP contribution is -2.06. The zero-order chi connectivity index (χ0) is 6.69. The van der Waals surface area contributed by atoms with Crippen molar-refractivity contribution in [2.75, 3.05) is 0 Å². The largest absolute Gasteiger partial charge is 0.281 e. The van der Waals surface area contributed by atoms with E-state index in [4.69, 9.17) is 10.3 Å². The zero-order valence-electron chi connectivity index (χ0n) is 4.60. The summed E-state index contributed by atoms with van der Waals surface area (Å²) in [5, 5.41) is 21.7. The van der Waals surface area contributed by atoms with Crippen LogP contribution >= 0.6 is 11.3 Å². The molecule has 0 unspecified atom stereocenters. The Balaban J connectivity index is 2.85. The molecule has 0 radical (unpaired) electrons. The van der Waals surface area contributed by atoms with Crippen LogP contribution in [-0.2, 0) is 0 Å². The number of thiol groups is 1. The molecule has 0 aliphatic carbocycles. The highest BCUT2D eigenvalue weighted by Gasteiger charge is 1.93. The molecule has 4 N–H and O–H groups in total. The molecule has 0 saturated heterocycles. The van der Waals surface area contributed by atoms with Crippen LogP contribution in [0.1, 0.15) is 0 Å². The summed E-state index contributed by atoms with van der Waals surface area (Å²) in [6, 6.07) is 1.65. The molecule has 9 heavy (non-hydrogen) atoms. The molecule has 1 aromatic heterocycles. The Bertz CT molecular complexity index is 175. The van der Waals surface area contributed by atoms with Crippen molar-refractivity contribution in [3.8, 4) is 0 Å². The molecule has 0 aliphatic rings. The van der Waals surface area contributed by atoms with Gasteiger partial charge >= 0.3 is 0 Å². The lowest BCUT2D eigenvalue weighted by atomic mass is 10.7. The zero-order valence-corrected chi connectivity index (χ0v) is 5.49. The normalized spacial score (nSPS) is 11.1. The Labute approximate surface area is 55.1 Å². The average Bonchev–Trinajstić information content (AvgIpc) is 1.90. The van der Waals surface area contributed by atoms with Crippen molar-refractivity contribution in [2.24, 2.45) is 10.3 Å². The fourth-order valence-electron chi connectivity index (χ4n) is 0.372. The van der Waals surface area contributed by atoms with E-state index < -0.39 is 11.3 Å². The summed E-state index contributed by atoms with van der Waals surface area (Å²) in [5.41, 5.74) is 0. The first kappa shape index (κ1) is 6.40. The third-order valence-electron chi connectivity index (χ3n) is 0.754. The molecule has 1 aromatic rings. The Morgan fingerprint density at radius 3 is 2.56 bits per heavy atom. The van der Waals surface area contributed by atoms with E-state index in [9.17, 15) is 0 Å². The van der Waals surface area contributed by atoms with E-state index in [-0.39, 0.29) is 0 Å². The summed E-state index contributed by atoms with van der Waals surface area (Å²) < 4.78 is 0. The number of rotatable bonds is 1. The van der Waals surface area contributed by atoms with Gasteiger partial charge in [-0.15, -0.1) is 21.5 Å². The fourth-order valence-corrected chi connectivity index (χ4v) is 0.755. The van der Waals surface area contributed by atoms with Crippen LogP contribution in [0.15, 0.2) is 17.3 Å². The summed E-state index contributed by atoms with van der Waals surface area (Å²) in [4.78, 5) is 0. The number of hydrogen-bond acceptors (Lipinski definition) is 5. The fraction of sp³-hybridized carbons (Fsp3) is 0. The van der Waals surface area contributed by atoms with Gasteiger partial charge in [0.05, 0.1) is 6.20 Å². The molecule has 0 amide bonds. The Kier molecular flexibility index (Phi) is 1.93. The van der Waals surface area contributed by atoms with Gasteiger partial charge in [0, 0.05) is 0 Å². The first-order chi connectivity index (χ1) is 4.30. The van der Waals surface area contributed by atoms with Gasteiger partial charge in [0.15, 0.2) is 0 Å². The van der Waals surface area contributed by atoms with Crippen molar-refractivity contribution in [3.63, 3.8) is 0 Å². The van der Waals surface area contributed by atoms with Crippen LogP contribution in [0.5, 0.6) is 0 Å². The molecule has 6 heteroatoms. The Morgan fingerprint density at radius 1 is 1.44 bits per heavy atom. The average molecular weight is 145 g/mol. The minimum Gasteiger partial charge on any atom is -0.281 e. The third kappa shape index (κ3) is 1.60. The Hall–Kier alpha value is -0.720. The molecule has 0 spiro atoms. The molecule has 0 bridgehead atoms. The van der Waals surface area contributed by atoms with Gasteiger partial charge in [-0.2, -0.15) is 0 Å². The van der Waals surface area contributed by atoms with Crippen molar-refractivity contribution in [2.45, 2.75) is 5.03 Å². The van der Waals surface area contributed by atoms with Gasteiger partial charge in [-0.25, -0.2) is 0 Å². The minimum absolute atomic E-state index is 0.611. The van der Waals surface area contributed by atoms with Crippen molar-refractivity contribution in [3.05, 3.63) is 12.3 Å². The highest BCUT2D eigenvalue weighted by atomic mass is 32.2. The molecule has 1 rings (SSSR count). The quantitative estimate of drug-likeness (QED) is 0.440. The standard InChI is InChI=1S/C3H7N5S/c4-9(5)3-1-2-6-8-7-3/h1-2,9H,4-5H2. The van der Waals surface area contributed by atoms with E-state index in [0.717, 1.165) is 0 Å². The molecular formula is C3H7N5S. The first-order valence-electron chi connectivity index (χ1n) is 2.24. The van der Waals surface area contributed by atoms with Gasteiger partial charge in [-0.1, -0.05) is 0 Å². The van der Waals surface area contributed by atoms with Crippen LogP contribution in [0.3, 0.4) is 0 Å². The molecule has 0 aromatic carbocycles. The van der Waals surface area contributed by atoms with Crippen LogP contribution in [0, 0.1) is 0 Å². The SMILES string of the molecule is N[SH](N)c1ccnnn1. The lowest BCUT2D eigenvalue weighted by molar-refractivity contribution is 0.802. The molecule has 0 fully saturated rings. The van der Waals surface area contributed by atoms with E-state index >= 15 is 0 Å². The molecular weight excluding hydrogens is 138 g/mol. The van der Waals surface area contributed by atoms with Crippen LogP contribution < -0.4 is 10.3 Å². The van der Waals surface area contributed by atoms with E-state index in [1.54, 1.807) is 6.07 Å². The lowest BCUT2D eigenvalue weighted by Gasteiger charge is -2.04. The summed E-state index contributed by atoms with van der Waals surface area (Å²) in [6.07, 6.45) is 1.51. The number of nitrogens with zero attached hydrogens (tertiary/aromatic N) is 3. The van der Waals surface area contributed by atoms with Crippen molar-refractivity contribution < 1.29 is 0 Å². The topological polar surface area (TPSA) is 90.7 Å². The monoisotopic (exact) mass is 145 g/mol. The van der Waals surface area contributed by atoms with Gasteiger partial charge in [0.25, 0.3) is 0 Å². The summed E-state index contributed by atoms with van der Waals surface area (Å²) in [7, 11) is 0. The number of nitrogens with two attached hydrogens (primary N) is 2. The second kappa shape index (κ2) is 2.72. The molecule has 5 nitrogen and oxygen atoms in total. The predicted molar refractivity (Wildman–Crippen MR) is 35.5 cm³/mol. The van der Waals surface area contributed by atoms with Crippen molar-refractivity contribution in [1.82, 2.24) is 15.4 Å². The third-order valence-corrected chi connectivity index (χ3v) is 1.52. The summed E-state index contributed by atoms with van der Waals surface area (Å²) in [6.45, 7) is 0. The maximum Gasteiger partial charge on any atom is 0.127 e. The van der Waals surface area contributed by atoms with Crippen molar-refractivity contribution >= 4 is 11.3 Å². The summed E-state index contributed by atoms with van der Waals surface area (Å²) in [5.74, 6) is 0. The van der Waals surface area contributed by atoms with E-state index in [1.807, 2.05) is 0 Å². The van der Waals surface area contributed by atoms with Gasteiger partial charge in [-0.05, 0) is 11.3 Å². The molecule has 0 atom stereocenters. The first-order valence-corrected chi connectivity index (χ1v) is 3.72. The molecule has 50 valence electrons. The highest BCUT2D eigenvalue weighted by molar-refractivity contribution is 8.13. The van der Waals surface area contributed by atoms with E-state index in [2.05, 4.69) is 15.4 Å². The molecule has 0 saturated carbocycles.